The quantitative estimate of drug-likeness (QED) is 0.157. The highest BCUT2D eigenvalue weighted by Crippen LogP contribution is 2.45. The minimum absolute atomic E-state index is 0.113. The molecule has 3 aromatic rings. The lowest BCUT2D eigenvalue weighted by Crippen LogP contribution is -2.24. The third kappa shape index (κ3) is 7.66. The molecule has 9 heteroatoms. The van der Waals surface area contributed by atoms with Gasteiger partial charge in [0.15, 0.2) is 6.61 Å². The third-order valence-corrected chi connectivity index (χ3v) is 9.13. The molecule has 0 unspecified atom stereocenters. The fourth-order valence-corrected chi connectivity index (χ4v) is 6.72. The summed E-state index contributed by atoms with van der Waals surface area (Å²) in [6.07, 6.45) is 1.57. The summed E-state index contributed by atoms with van der Waals surface area (Å²) < 4.78 is 14.1. The van der Waals surface area contributed by atoms with Gasteiger partial charge in [0.1, 0.15) is 18.1 Å². The van der Waals surface area contributed by atoms with Gasteiger partial charge < -0.3 is 9.47 Å². The molecule has 1 aliphatic heterocycles. The lowest BCUT2D eigenvalue weighted by molar-refractivity contribution is -0.123. The van der Waals surface area contributed by atoms with Gasteiger partial charge in [-0.3, -0.25) is 4.79 Å². The zero-order valence-electron chi connectivity index (χ0n) is 18.1. The number of hydrogen-bond acceptors (Lipinski definition) is 6. The van der Waals surface area contributed by atoms with Gasteiger partial charge in [-0.15, -0.1) is 23.5 Å². The maximum absolute atomic E-state index is 12.2. The molecule has 0 radical (unpaired) electrons. The standard InChI is InChI=1S/C25H22BrIN2O3S2/c26-20-5-10-23(32-15-17-1-6-21(27)7-2-17)19(13-20)14-28-29-24(30)16-31-22-8-3-18(4-9-22)25-33-11-12-34-25/h1-10,13-14,25H,11-12,15-16H2,(H,29,30)/b28-14-. The molecule has 0 atom stereocenters. The average Bonchev–Trinajstić information content (AvgIpc) is 3.39. The highest BCUT2D eigenvalue weighted by molar-refractivity contribution is 14.1. The summed E-state index contributed by atoms with van der Waals surface area (Å²) >= 11 is 9.67. The molecule has 0 bridgehead atoms. The number of carbonyl (C=O) groups excluding carboxylic acids is 1. The Morgan fingerprint density at radius 2 is 1.79 bits per heavy atom. The van der Waals surface area contributed by atoms with Gasteiger partial charge in [0.05, 0.1) is 10.8 Å². The van der Waals surface area contributed by atoms with Crippen LogP contribution in [-0.2, 0) is 11.4 Å². The molecule has 4 rings (SSSR count). The number of hydrazone groups is 1. The van der Waals surface area contributed by atoms with Crippen LogP contribution in [0.25, 0.3) is 0 Å². The van der Waals surface area contributed by atoms with Gasteiger partial charge in [-0.2, -0.15) is 5.10 Å². The molecule has 1 N–H and O–H groups in total. The van der Waals surface area contributed by atoms with E-state index in [1.54, 1.807) is 6.21 Å². The van der Waals surface area contributed by atoms with Crippen LogP contribution in [-0.4, -0.2) is 30.2 Å². The Labute approximate surface area is 229 Å². The first-order valence-corrected chi connectivity index (χ1v) is 14.5. The Bertz CT molecular complexity index is 1140. The molecular weight excluding hydrogens is 647 g/mol. The molecule has 5 nitrogen and oxygen atoms in total. The Kier molecular flexibility index (Phi) is 9.60. The topological polar surface area (TPSA) is 59.9 Å². The van der Waals surface area contributed by atoms with Crippen LogP contribution in [0.3, 0.4) is 0 Å². The molecule has 0 saturated carbocycles. The van der Waals surface area contributed by atoms with Gasteiger partial charge in [-0.1, -0.05) is 40.2 Å². The molecule has 176 valence electrons. The van der Waals surface area contributed by atoms with E-state index in [-0.39, 0.29) is 12.5 Å². The molecule has 0 aliphatic carbocycles. The molecule has 1 heterocycles. The van der Waals surface area contributed by atoms with Crippen LogP contribution in [0.15, 0.2) is 76.3 Å². The van der Waals surface area contributed by atoms with Gasteiger partial charge >= 0.3 is 0 Å². The van der Waals surface area contributed by atoms with Crippen molar-refractivity contribution in [2.75, 3.05) is 18.1 Å². The van der Waals surface area contributed by atoms with Gasteiger partial charge in [0.2, 0.25) is 0 Å². The Hall–Kier alpha value is -1.69. The first kappa shape index (κ1) is 25.4. The van der Waals surface area contributed by atoms with Crippen molar-refractivity contribution in [3.63, 3.8) is 0 Å². The molecule has 1 aliphatic rings. The highest BCUT2D eigenvalue weighted by Gasteiger charge is 2.18. The maximum Gasteiger partial charge on any atom is 0.277 e. The van der Waals surface area contributed by atoms with Crippen molar-refractivity contribution in [2.45, 2.75) is 11.2 Å². The second kappa shape index (κ2) is 12.9. The summed E-state index contributed by atoms with van der Waals surface area (Å²) in [7, 11) is 0. The van der Waals surface area contributed by atoms with Crippen LogP contribution in [0.1, 0.15) is 21.3 Å². The average molecular weight is 669 g/mol. The summed E-state index contributed by atoms with van der Waals surface area (Å²) in [5.74, 6) is 3.38. The summed E-state index contributed by atoms with van der Waals surface area (Å²) in [5, 5.41) is 4.08. The van der Waals surface area contributed by atoms with E-state index in [1.807, 2.05) is 78.1 Å². The van der Waals surface area contributed by atoms with Crippen molar-refractivity contribution >= 4 is 74.2 Å². The Morgan fingerprint density at radius 1 is 1.06 bits per heavy atom. The van der Waals surface area contributed by atoms with Crippen molar-refractivity contribution in [3.8, 4) is 11.5 Å². The van der Waals surface area contributed by atoms with E-state index in [0.29, 0.717) is 22.7 Å². The maximum atomic E-state index is 12.2. The zero-order chi connectivity index (χ0) is 23.8. The monoisotopic (exact) mass is 668 g/mol. The summed E-state index contributed by atoms with van der Waals surface area (Å²) in [6, 6.07) is 21.8. The van der Waals surface area contributed by atoms with Crippen molar-refractivity contribution < 1.29 is 14.3 Å². The SMILES string of the molecule is O=C(COc1ccc(C2SCCS2)cc1)N/N=C\c1cc(Br)ccc1OCc1ccc(I)cc1. The van der Waals surface area contributed by atoms with Gasteiger partial charge in [-0.05, 0) is 76.2 Å². The van der Waals surface area contributed by atoms with Gasteiger partial charge in [0, 0.05) is 25.1 Å². The van der Waals surface area contributed by atoms with E-state index >= 15 is 0 Å². The van der Waals surface area contributed by atoms with E-state index in [2.05, 4.69) is 61.2 Å². The number of amides is 1. The summed E-state index contributed by atoms with van der Waals surface area (Å²) in [4.78, 5) is 12.2. The van der Waals surface area contributed by atoms with Crippen LogP contribution in [0.2, 0.25) is 0 Å². The lowest BCUT2D eigenvalue weighted by atomic mass is 10.2. The number of benzene rings is 3. The summed E-state index contributed by atoms with van der Waals surface area (Å²) in [6.45, 7) is 0.328. The molecule has 1 fully saturated rings. The fourth-order valence-electron chi connectivity index (χ4n) is 3.12. The third-order valence-electron chi connectivity index (χ3n) is 4.82. The normalized spacial score (nSPS) is 13.8. The smallest absolute Gasteiger partial charge is 0.277 e. The number of thioether (sulfide) groups is 2. The fraction of sp³-hybridized carbons (Fsp3) is 0.200. The van der Waals surface area contributed by atoms with Crippen LogP contribution in [0.5, 0.6) is 11.5 Å². The predicted molar refractivity (Wildman–Crippen MR) is 153 cm³/mol. The predicted octanol–water partition coefficient (Wildman–Crippen LogP) is 6.64. The van der Waals surface area contributed by atoms with E-state index < -0.39 is 0 Å². The van der Waals surface area contributed by atoms with E-state index in [4.69, 9.17) is 9.47 Å². The van der Waals surface area contributed by atoms with Crippen LogP contribution >= 0.6 is 62.0 Å². The second-order valence-electron chi connectivity index (χ2n) is 7.32. The largest absolute Gasteiger partial charge is 0.488 e. The number of carbonyl (C=O) groups is 1. The molecule has 1 amide bonds. The van der Waals surface area contributed by atoms with Crippen molar-refractivity contribution in [1.82, 2.24) is 5.43 Å². The number of ether oxygens (including phenoxy) is 2. The van der Waals surface area contributed by atoms with Crippen molar-refractivity contribution in [3.05, 3.63) is 91.5 Å². The van der Waals surface area contributed by atoms with Crippen LogP contribution < -0.4 is 14.9 Å². The zero-order valence-corrected chi connectivity index (χ0v) is 23.5. The van der Waals surface area contributed by atoms with Crippen molar-refractivity contribution in [1.29, 1.82) is 0 Å². The molecule has 0 spiro atoms. The van der Waals surface area contributed by atoms with E-state index in [1.165, 1.54) is 20.6 Å². The number of hydrogen-bond donors (Lipinski definition) is 1. The Balaban J connectivity index is 1.27. The molecule has 3 aromatic carbocycles. The van der Waals surface area contributed by atoms with E-state index in [0.717, 1.165) is 15.6 Å². The van der Waals surface area contributed by atoms with Crippen LogP contribution in [0, 0.1) is 3.57 Å². The first-order chi connectivity index (χ1) is 16.6. The van der Waals surface area contributed by atoms with Gasteiger partial charge in [0.25, 0.3) is 5.91 Å². The van der Waals surface area contributed by atoms with Gasteiger partial charge in [-0.25, -0.2) is 5.43 Å². The van der Waals surface area contributed by atoms with Crippen molar-refractivity contribution in [2.24, 2.45) is 5.10 Å². The van der Waals surface area contributed by atoms with Crippen LogP contribution in [0.4, 0.5) is 0 Å². The molecular formula is C25H22BrIN2O3S2. The van der Waals surface area contributed by atoms with E-state index in [9.17, 15) is 4.79 Å². The minimum atomic E-state index is -0.335. The second-order valence-corrected chi connectivity index (χ2v) is 12.2. The first-order valence-electron chi connectivity index (χ1n) is 10.5. The lowest BCUT2D eigenvalue weighted by Gasteiger charge is -2.10. The Morgan fingerprint density at radius 3 is 2.53 bits per heavy atom. The number of halogens is 2. The molecule has 34 heavy (non-hydrogen) atoms. The summed E-state index contributed by atoms with van der Waals surface area (Å²) in [5.41, 5.74) is 5.62. The number of nitrogens with zero attached hydrogens (tertiary/aromatic N) is 1. The molecule has 0 aromatic heterocycles. The highest BCUT2D eigenvalue weighted by atomic mass is 127. The number of nitrogens with one attached hydrogen (secondary N) is 1. The number of rotatable bonds is 9. The molecule has 1 saturated heterocycles. The minimum Gasteiger partial charge on any atom is -0.488 e.